The van der Waals surface area contributed by atoms with Crippen LogP contribution in [-0.4, -0.2) is 53.2 Å². The first-order valence-corrected chi connectivity index (χ1v) is 9.08. The lowest BCUT2D eigenvalue weighted by Gasteiger charge is -2.27. The molecular weight excluding hydrogens is 330 g/mol. The van der Waals surface area contributed by atoms with Gasteiger partial charge in [0, 0.05) is 6.04 Å². The Kier molecular flexibility index (Phi) is 5.88. The molecule has 1 aliphatic heterocycles. The highest BCUT2D eigenvalue weighted by molar-refractivity contribution is 5.88. The predicted molar refractivity (Wildman–Crippen MR) is 101 cm³/mol. The highest BCUT2D eigenvalue weighted by Crippen LogP contribution is 2.22. The number of anilines is 1. The van der Waals surface area contributed by atoms with Crippen LogP contribution in [0.4, 0.5) is 10.6 Å². The molecule has 1 aromatic heterocycles. The van der Waals surface area contributed by atoms with Gasteiger partial charge in [0.15, 0.2) is 5.82 Å². The van der Waals surface area contributed by atoms with Crippen LogP contribution >= 0.6 is 0 Å². The number of carbonyl (C=O) groups is 1. The fraction of sp³-hybridized carbons (Fsp3) is 0.526. The van der Waals surface area contributed by atoms with Crippen LogP contribution in [0.15, 0.2) is 35.9 Å². The third kappa shape index (κ3) is 4.82. The summed E-state index contributed by atoms with van der Waals surface area (Å²) in [7, 11) is 2.13. The van der Waals surface area contributed by atoms with E-state index in [4.69, 9.17) is 4.74 Å². The number of carbonyl (C=O) groups excluding carboxylic acids is 1. The molecule has 1 aliphatic carbocycles. The van der Waals surface area contributed by atoms with Gasteiger partial charge in [0.25, 0.3) is 0 Å². The average Bonchev–Trinajstić information content (AvgIpc) is 3.01. The van der Waals surface area contributed by atoms with E-state index in [-0.39, 0.29) is 12.1 Å². The van der Waals surface area contributed by atoms with Crippen LogP contribution in [-0.2, 0) is 4.74 Å². The molecule has 1 aromatic rings. The monoisotopic (exact) mass is 357 g/mol. The number of aryl methyl sites for hydroxylation is 1. The Morgan fingerprint density at radius 3 is 2.85 bits per heavy atom. The van der Waals surface area contributed by atoms with Gasteiger partial charge < -0.3 is 15.0 Å². The molecule has 1 saturated heterocycles. The Morgan fingerprint density at radius 1 is 1.31 bits per heavy atom. The quantitative estimate of drug-likeness (QED) is 0.847. The molecule has 0 saturated carbocycles. The smallest absolute Gasteiger partial charge is 0.321 e. The van der Waals surface area contributed by atoms with E-state index in [1.54, 1.807) is 12.4 Å². The Balaban J connectivity index is 1.57. The van der Waals surface area contributed by atoms with Crippen LogP contribution in [0.2, 0.25) is 0 Å². The van der Waals surface area contributed by atoms with Gasteiger partial charge in [0.1, 0.15) is 12.4 Å². The molecule has 2 amide bonds. The molecule has 0 radical (unpaired) electrons. The van der Waals surface area contributed by atoms with Gasteiger partial charge in [-0.05, 0) is 52.8 Å². The maximum absolute atomic E-state index is 12.3. The molecule has 7 nitrogen and oxygen atoms in total. The number of likely N-dealkylation sites (N-methyl/N-ethyl adjacent to an activating group) is 1. The van der Waals surface area contributed by atoms with Crippen molar-refractivity contribution in [2.75, 3.05) is 25.5 Å². The molecular formula is C19H27N5O2. The summed E-state index contributed by atoms with van der Waals surface area (Å²) in [5.74, 6) is 1.23. The summed E-state index contributed by atoms with van der Waals surface area (Å²) >= 11 is 0. The zero-order valence-corrected chi connectivity index (χ0v) is 15.7. The van der Waals surface area contributed by atoms with Crippen molar-refractivity contribution >= 4 is 11.8 Å². The van der Waals surface area contributed by atoms with Gasteiger partial charge in [0.05, 0.1) is 24.1 Å². The number of urea groups is 1. The lowest BCUT2D eigenvalue weighted by molar-refractivity contribution is 0.124. The van der Waals surface area contributed by atoms with Gasteiger partial charge in [-0.25, -0.2) is 9.78 Å². The van der Waals surface area contributed by atoms with Crippen molar-refractivity contribution < 1.29 is 9.53 Å². The van der Waals surface area contributed by atoms with Crippen LogP contribution in [0.5, 0.6) is 0 Å². The Labute approximate surface area is 154 Å². The number of allylic oxidation sites excluding steroid dienone is 2. The van der Waals surface area contributed by atoms with Gasteiger partial charge in [0.2, 0.25) is 0 Å². The summed E-state index contributed by atoms with van der Waals surface area (Å²) in [6.07, 6.45) is 10.3. The van der Waals surface area contributed by atoms with E-state index in [9.17, 15) is 4.79 Å². The minimum atomic E-state index is -0.310. The van der Waals surface area contributed by atoms with Crippen molar-refractivity contribution in [2.45, 2.75) is 45.2 Å². The number of hydrogen-bond acceptors (Lipinski definition) is 5. The second-order valence-corrected chi connectivity index (χ2v) is 7.07. The normalized spacial score (nSPS) is 23.2. The summed E-state index contributed by atoms with van der Waals surface area (Å²) in [5, 5.41) is 5.71. The molecule has 2 atom stereocenters. The number of nitrogens with zero attached hydrogens (tertiary/aromatic N) is 3. The highest BCUT2D eigenvalue weighted by atomic mass is 16.5. The number of nitrogens with one attached hydrogen (secondary N) is 2. The molecule has 26 heavy (non-hydrogen) atoms. The second-order valence-electron chi connectivity index (χ2n) is 7.07. The van der Waals surface area contributed by atoms with Gasteiger partial charge in [-0.15, -0.1) is 0 Å². The lowest BCUT2D eigenvalue weighted by atomic mass is 10.00. The van der Waals surface area contributed by atoms with Gasteiger partial charge in [-0.3, -0.25) is 10.3 Å². The third-order valence-electron chi connectivity index (χ3n) is 4.84. The fourth-order valence-electron chi connectivity index (χ4n) is 3.25. The number of likely N-dealkylation sites (tertiary alicyclic amines) is 1. The summed E-state index contributed by atoms with van der Waals surface area (Å²) in [6.45, 7) is 5.67. The molecule has 2 unspecified atom stereocenters. The first kappa shape index (κ1) is 18.4. The largest absolute Gasteiger partial charge is 0.494 e. The predicted octanol–water partition coefficient (Wildman–Crippen LogP) is 2.62. The minimum Gasteiger partial charge on any atom is -0.494 e. The van der Waals surface area contributed by atoms with Gasteiger partial charge >= 0.3 is 6.03 Å². The zero-order valence-electron chi connectivity index (χ0n) is 15.7. The SMILES string of the molecule is CC1=CC=C(OCC2CCCN2C)C(NC(=O)Nc2cnc(C)cn2)C1. The molecule has 2 heterocycles. The molecule has 0 aromatic carbocycles. The van der Waals surface area contributed by atoms with E-state index in [0.717, 1.165) is 30.8 Å². The summed E-state index contributed by atoms with van der Waals surface area (Å²) < 4.78 is 6.07. The Morgan fingerprint density at radius 2 is 2.15 bits per heavy atom. The number of hydrogen-bond donors (Lipinski definition) is 2. The molecule has 1 fully saturated rings. The van der Waals surface area contributed by atoms with Crippen molar-refractivity contribution in [3.63, 3.8) is 0 Å². The minimum absolute atomic E-state index is 0.176. The third-order valence-corrected chi connectivity index (χ3v) is 4.84. The van der Waals surface area contributed by atoms with Crippen LogP contribution in [0.1, 0.15) is 31.9 Å². The van der Waals surface area contributed by atoms with Crippen LogP contribution in [0.25, 0.3) is 0 Å². The van der Waals surface area contributed by atoms with E-state index in [1.807, 2.05) is 13.0 Å². The lowest BCUT2D eigenvalue weighted by Crippen LogP contribution is -2.41. The first-order valence-electron chi connectivity index (χ1n) is 9.08. The fourth-order valence-corrected chi connectivity index (χ4v) is 3.25. The summed E-state index contributed by atoms with van der Waals surface area (Å²) in [4.78, 5) is 22.9. The molecule has 7 heteroatoms. The molecule has 2 aliphatic rings. The molecule has 140 valence electrons. The van der Waals surface area contributed by atoms with E-state index < -0.39 is 0 Å². The maximum Gasteiger partial charge on any atom is 0.321 e. The topological polar surface area (TPSA) is 79.4 Å². The number of amides is 2. The molecule has 0 bridgehead atoms. The van der Waals surface area contributed by atoms with Crippen LogP contribution in [0.3, 0.4) is 0 Å². The van der Waals surface area contributed by atoms with Gasteiger partial charge in [-0.1, -0.05) is 11.6 Å². The maximum atomic E-state index is 12.3. The van der Waals surface area contributed by atoms with E-state index in [0.29, 0.717) is 18.5 Å². The van der Waals surface area contributed by atoms with Crippen molar-refractivity contribution in [3.8, 4) is 0 Å². The molecule has 3 rings (SSSR count). The average molecular weight is 357 g/mol. The summed E-state index contributed by atoms with van der Waals surface area (Å²) in [6, 6.07) is -0.0410. The van der Waals surface area contributed by atoms with Crippen molar-refractivity contribution in [1.82, 2.24) is 20.2 Å². The van der Waals surface area contributed by atoms with Crippen LogP contribution < -0.4 is 10.6 Å². The Hall–Kier alpha value is -2.41. The number of aromatic nitrogens is 2. The first-order chi connectivity index (χ1) is 12.5. The van der Waals surface area contributed by atoms with E-state index in [2.05, 4.69) is 45.5 Å². The van der Waals surface area contributed by atoms with Crippen molar-refractivity contribution in [2.24, 2.45) is 0 Å². The second kappa shape index (κ2) is 8.31. The standard InChI is InChI=1S/C19H27N5O2/c1-13-6-7-17(26-12-15-5-4-8-24(15)3)16(9-13)22-19(25)23-18-11-20-14(2)10-21-18/h6-7,10-11,15-16H,4-5,8-9,12H2,1-3H3,(H2,21,22,23,25). The van der Waals surface area contributed by atoms with E-state index in [1.165, 1.54) is 12.0 Å². The van der Waals surface area contributed by atoms with Crippen molar-refractivity contribution in [1.29, 1.82) is 0 Å². The molecule has 0 spiro atoms. The molecule has 2 N–H and O–H groups in total. The Bertz CT molecular complexity index is 698. The van der Waals surface area contributed by atoms with Crippen molar-refractivity contribution in [3.05, 3.63) is 41.6 Å². The number of rotatable bonds is 5. The van der Waals surface area contributed by atoms with Gasteiger partial charge in [-0.2, -0.15) is 0 Å². The number of ether oxygens (including phenoxy) is 1. The highest BCUT2D eigenvalue weighted by Gasteiger charge is 2.25. The summed E-state index contributed by atoms with van der Waals surface area (Å²) in [5.41, 5.74) is 2.01. The van der Waals surface area contributed by atoms with E-state index >= 15 is 0 Å². The van der Waals surface area contributed by atoms with Crippen LogP contribution in [0, 0.1) is 6.92 Å². The zero-order chi connectivity index (χ0) is 18.5.